The second-order valence-corrected chi connectivity index (χ2v) is 9.99. The summed E-state index contributed by atoms with van der Waals surface area (Å²) in [5.41, 5.74) is 5.51. The predicted molar refractivity (Wildman–Crippen MR) is 151 cm³/mol. The Kier molecular flexibility index (Phi) is 6.84. The zero-order valence-electron chi connectivity index (χ0n) is 21.0. The molecule has 0 amide bonds. The van der Waals surface area contributed by atoms with Gasteiger partial charge in [0.25, 0.3) is 0 Å². The van der Waals surface area contributed by atoms with E-state index in [1.165, 1.54) is 52.3 Å². The first-order valence-electron chi connectivity index (χ1n) is 13.4. The molecule has 3 nitrogen and oxygen atoms in total. The van der Waals surface area contributed by atoms with Crippen LogP contribution in [-0.4, -0.2) is 47.1 Å². The summed E-state index contributed by atoms with van der Waals surface area (Å²) in [6.07, 6.45) is 2.45. The van der Waals surface area contributed by atoms with E-state index in [2.05, 4.69) is 124 Å². The Morgan fingerprint density at radius 3 is 1.53 bits per heavy atom. The number of hydrogen-bond acceptors (Lipinski definition) is 2. The molecule has 1 aliphatic heterocycles. The van der Waals surface area contributed by atoms with Crippen LogP contribution >= 0.6 is 0 Å². The summed E-state index contributed by atoms with van der Waals surface area (Å²) >= 11 is 0. The van der Waals surface area contributed by atoms with Gasteiger partial charge in [0.15, 0.2) is 0 Å². The van der Waals surface area contributed by atoms with Crippen molar-refractivity contribution in [2.24, 2.45) is 0 Å². The van der Waals surface area contributed by atoms with Gasteiger partial charge in [0.05, 0.1) is 6.04 Å². The highest BCUT2D eigenvalue weighted by molar-refractivity contribution is 6.07. The lowest BCUT2D eigenvalue weighted by Gasteiger charge is -2.40. The standard InChI is InChI=1S/C33H35N3/c1-3-13-27(14-4-1)33(28-15-5-2-6-16-28)35-25-23-34(24-26-35)21-11-12-22-36-31-19-9-7-17-29(31)30-18-8-10-20-32(30)36/h1-10,13-20,33H,11-12,21-26H2. The number of unbranched alkanes of at least 4 members (excludes halogenated alkanes) is 1. The predicted octanol–water partition coefficient (Wildman–Crippen LogP) is 6.98. The second kappa shape index (κ2) is 10.7. The molecule has 36 heavy (non-hydrogen) atoms. The summed E-state index contributed by atoms with van der Waals surface area (Å²) < 4.78 is 2.52. The van der Waals surface area contributed by atoms with Gasteiger partial charge in [-0.3, -0.25) is 4.90 Å². The van der Waals surface area contributed by atoms with Gasteiger partial charge in [-0.2, -0.15) is 0 Å². The molecule has 1 aliphatic rings. The van der Waals surface area contributed by atoms with Gasteiger partial charge in [-0.05, 0) is 42.6 Å². The number of fused-ring (bicyclic) bond motifs is 3. The topological polar surface area (TPSA) is 11.4 Å². The first kappa shape index (κ1) is 23.0. The molecule has 1 aromatic heterocycles. The van der Waals surface area contributed by atoms with E-state index in [1.54, 1.807) is 0 Å². The number of aryl methyl sites for hydroxylation is 1. The molecule has 1 fully saturated rings. The van der Waals surface area contributed by atoms with Crippen molar-refractivity contribution >= 4 is 21.8 Å². The maximum absolute atomic E-state index is 2.67. The minimum absolute atomic E-state index is 0.338. The average Bonchev–Trinajstić information content (AvgIpc) is 3.27. The Labute approximate surface area is 214 Å². The Morgan fingerprint density at radius 1 is 0.500 bits per heavy atom. The lowest BCUT2D eigenvalue weighted by Crippen LogP contribution is -2.48. The van der Waals surface area contributed by atoms with Crippen molar-refractivity contribution in [3.8, 4) is 0 Å². The Balaban J connectivity index is 1.06. The highest BCUT2D eigenvalue weighted by atomic mass is 15.3. The van der Waals surface area contributed by atoms with Crippen molar-refractivity contribution in [1.82, 2.24) is 14.4 Å². The third-order valence-corrected chi connectivity index (χ3v) is 7.79. The van der Waals surface area contributed by atoms with E-state index >= 15 is 0 Å². The van der Waals surface area contributed by atoms with Crippen LogP contribution in [0.15, 0.2) is 109 Å². The van der Waals surface area contributed by atoms with Crippen molar-refractivity contribution in [2.75, 3.05) is 32.7 Å². The van der Waals surface area contributed by atoms with E-state index in [0.29, 0.717) is 6.04 Å². The molecular formula is C33H35N3. The number of piperazine rings is 1. The van der Waals surface area contributed by atoms with Crippen molar-refractivity contribution < 1.29 is 0 Å². The number of rotatable bonds is 8. The van der Waals surface area contributed by atoms with Crippen LogP contribution in [0, 0.1) is 0 Å². The van der Waals surface area contributed by atoms with Crippen LogP contribution in [0.25, 0.3) is 21.8 Å². The van der Waals surface area contributed by atoms with Gasteiger partial charge in [-0.25, -0.2) is 0 Å². The second-order valence-electron chi connectivity index (χ2n) is 9.99. The van der Waals surface area contributed by atoms with Crippen molar-refractivity contribution in [3.63, 3.8) is 0 Å². The monoisotopic (exact) mass is 473 g/mol. The summed E-state index contributed by atoms with van der Waals surface area (Å²) in [5, 5.41) is 2.74. The smallest absolute Gasteiger partial charge is 0.0602 e. The molecule has 0 saturated carbocycles. The van der Waals surface area contributed by atoms with Crippen LogP contribution in [0.1, 0.15) is 30.0 Å². The van der Waals surface area contributed by atoms with Crippen LogP contribution in [0.3, 0.4) is 0 Å². The van der Waals surface area contributed by atoms with Crippen LogP contribution in [0.4, 0.5) is 0 Å². The lowest BCUT2D eigenvalue weighted by atomic mass is 9.96. The Hall–Kier alpha value is -3.40. The first-order chi connectivity index (χ1) is 17.9. The number of para-hydroxylation sites is 2. The SMILES string of the molecule is c1ccc(C(c2ccccc2)N2CCN(CCCCn3c4ccccc4c4ccccc43)CC2)cc1. The number of benzene rings is 4. The molecule has 0 N–H and O–H groups in total. The number of hydrogen-bond donors (Lipinski definition) is 0. The van der Waals surface area contributed by atoms with Gasteiger partial charge in [0.1, 0.15) is 0 Å². The zero-order valence-corrected chi connectivity index (χ0v) is 21.0. The highest BCUT2D eigenvalue weighted by Crippen LogP contribution is 2.30. The molecule has 182 valence electrons. The summed E-state index contributed by atoms with van der Waals surface area (Å²) in [6, 6.07) is 40.0. The molecule has 2 heterocycles. The van der Waals surface area contributed by atoms with Gasteiger partial charge in [0, 0.05) is 54.5 Å². The third kappa shape index (κ3) is 4.69. The van der Waals surface area contributed by atoms with E-state index < -0.39 is 0 Å². The number of aromatic nitrogens is 1. The van der Waals surface area contributed by atoms with E-state index in [0.717, 1.165) is 32.7 Å². The average molecular weight is 474 g/mol. The molecule has 3 heteroatoms. The maximum Gasteiger partial charge on any atom is 0.0602 e. The van der Waals surface area contributed by atoms with E-state index in [4.69, 9.17) is 0 Å². The normalized spacial score (nSPS) is 15.2. The molecule has 0 atom stereocenters. The molecule has 5 aromatic rings. The van der Waals surface area contributed by atoms with Crippen molar-refractivity contribution in [1.29, 1.82) is 0 Å². The van der Waals surface area contributed by atoms with Gasteiger partial charge >= 0.3 is 0 Å². The molecule has 4 aromatic carbocycles. The molecule has 0 aliphatic carbocycles. The summed E-state index contributed by atoms with van der Waals surface area (Å²) in [7, 11) is 0. The Bertz CT molecular complexity index is 1310. The fourth-order valence-electron chi connectivity index (χ4n) is 5.98. The van der Waals surface area contributed by atoms with Crippen molar-refractivity contribution in [2.45, 2.75) is 25.4 Å². The fourth-order valence-corrected chi connectivity index (χ4v) is 5.98. The molecule has 6 rings (SSSR count). The van der Waals surface area contributed by atoms with E-state index in [-0.39, 0.29) is 0 Å². The largest absolute Gasteiger partial charge is 0.340 e. The fraction of sp³-hybridized carbons (Fsp3) is 0.273. The molecule has 0 spiro atoms. The van der Waals surface area contributed by atoms with Gasteiger partial charge in [-0.15, -0.1) is 0 Å². The van der Waals surface area contributed by atoms with Gasteiger partial charge in [-0.1, -0.05) is 97.1 Å². The van der Waals surface area contributed by atoms with Gasteiger partial charge in [0.2, 0.25) is 0 Å². The highest BCUT2D eigenvalue weighted by Gasteiger charge is 2.26. The van der Waals surface area contributed by atoms with Crippen LogP contribution in [0.2, 0.25) is 0 Å². The maximum atomic E-state index is 2.67. The van der Waals surface area contributed by atoms with Crippen molar-refractivity contribution in [3.05, 3.63) is 120 Å². The summed E-state index contributed by atoms with van der Waals surface area (Å²) in [4.78, 5) is 5.33. The lowest BCUT2D eigenvalue weighted by molar-refractivity contribution is 0.108. The number of nitrogens with zero attached hydrogens (tertiary/aromatic N) is 3. The first-order valence-corrected chi connectivity index (χ1v) is 13.4. The minimum atomic E-state index is 0.338. The summed E-state index contributed by atoms with van der Waals surface area (Å²) in [5.74, 6) is 0. The quantitative estimate of drug-likeness (QED) is 0.225. The van der Waals surface area contributed by atoms with Crippen LogP contribution < -0.4 is 0 Å². The minimum Gasteiger partial charge on any atom is -0.340 e. The third-order valence-electron chi connectivity index (χ3n) is 7.79. The molecule has 0 bridgehead atoms. The molecule has 1 saturated heterocycles. The summed E-state index contributed by atoms with van der Waals surface area (Å²) in [6.45, 7) is 6.78. The molecule has 0 radical (unpaired) electrons. The molecular weight excluding hydrogens is 438 g/mol. The Morgan fingerprint density at radius 2 is 0.972 bits per heavy atom. The van der Waals surface area contributed by atoms with E-state index in [1.807, 2.05) is 0 Å². The van der Waals surface area contributed by atoms with E-state index in [9.17, 15) is 0 Å². The zero-order chi connectivity index (χ0) is 24.2. The molecule has 0 unspecified atom stereocenters. The van der Waals surface area contributed by atoms with Crippen LogP contribution in [0.5, 0.6) is 0 Å². The van der Waals surface area contributed by atoms with Gasteiger partial charge < -0.3 is 9.47 Å². The van der Waals surface area contributed by atoms with Crippen LogP contribution in [-0.2, 0) is 6.54 Å².